The zero-order chi connectivity index (χ0) is 13.9. The number of amides is 2. The molecule has 1 aliphatic rings. The summed E-state index contributed by atoms with van der Waals surface area (Å²) < 4.78 is 30.3. The molecule has 1 rings (SSSR count). The smallest absolute Gasteiger partial charge is 0.329 e. The van der Waals surface area contributed by atoms with Gasteiger partial charge in [0, 0.05) is 0 Å². The van der Waals surface area contributed by atoms with Gasteiger partial charge in [-0.3, -0.25) is 14.1 Å². The highest BCUT2D eigenvalue weighted by Gasteiger charge is 2.48. The number of hydroxylamine groups is 2. The van der Waals surface area contributed by atoms with Crippen molar-refractivity contribution >= 4 is 27.9 Å². The molecule has 0 bridgehead atoms. The SMILES string of the molecule is CCNCC(=O)ON1C(=O)CC(S(=O)(=O)O)C1=O. The number of hydrogen-bond donors (Lipinski definition) is 2. The number of carbonyl (C=O) groups excluding carboxylic acids is 3. The van der Waals surface area contributed by atoms with Gasteiger partial charge >= 0.3 is 5.97 Å². The van der Waals surface area contributed by atoms with Crippen LogP contribution < -0.4 is 5.32 Å². The molecule has 0 aromatic rings. The van der Waals surface area contributed by atoms with E-state index in [1.807, 2.05) is 0 Å². The van der Waals surface area contributed by atoms with Gasteiger partial charge in [-0.05, 0) is 6.54 Å². The quantitative estimate of drug-likeness (QED) is 0.440. The summed E-state index contributed by atoms with van der Waals surface area (Å²) in [7, 11) is -4.69. The molecule has 2 amide bonds. The molecule has 0 radical (unpaired) electrons. The van der Waals surface area contributed by atoms with Gasteiger partial charge in [0.2, 0.25) is 0 Å². The largest absolute Gasteiger partial charge is 0.346 e. The molecule has 1 unspecified atom stereocenters. The van der Waals surface area contributed by atoms with Gasteiger partial charge in [0.1, 0.15) is 0 Å². The third-order valence-corrected chi connectivity index (χ3v) is 3.22. The molecule has 10 heteroatoms. The zero-order valence-electron chi connectivity index (χ0n) is 9.45. The van der Waals surface area contributed by atoms with Crippen molar-refractivity contribution in [1.29, 1.82) is 0 Å². The van der Waals surface area contributed by atoms with E-state index in [1.165, 1.54) is 0 Å². The first-order valence-electron chi connectivity index (χ1n) is 5.02. The molecular weight excluding hydrogens is 268 g/mol. The van der Waals surface area contributed by atoms with E-state index in [9.17, 15) is 22.8 Å². The molecule has 1 aliphatic heterocycles. The fourth-order valence-electron chi connectivity index (χ4n) is 1.27. The number of nitrogens with zero attached hydrogens (tertiary/aromatic N) is 1. The lowest BCUT2D eigenvalue weighted by atomic mass is 10.4. The van der Waals surface area contributed by atoms with Crippen molar-refractivity contribution in [3.63, 3.8) is 0 Å². The summed E-state index contributed by atoms with van der Waals surface area (Å²) in [5.74, 6) is -3.17. The molecule has 102 valence electrons. The summed E-state index contributed by atoms with van der Waals surface area (Å²) in [5, 5.41) is 0.764. The second kappa shape index (κ2) is 5.42. The van der Waals surface area contributed by atoms with Crippen LogP contribution in [0, 0.1) is 0 Å². The molecular formula is C8H12N2O7S. The minimum Gasteiger partial charge on any atom is -0.329 e. The van der Waals surface area contributed by atoms with E-state index in [2.05, 4.69) is 10.2 Å². The maximum absolute atomic E-state index is 11.4. The first-order valence-corrected chi connectivity index (χ1v) is 6.52. The minimum absolute atomic E-state index is 0.0676. The number of imide groups is 1. The van der Waals surface area contributed by atoms with Crippen LogP contribution in [0.5, 0.6) is 0 Å². The van der Waals surface area contributed by atoms with Gasteiger partial charge in [0.15, 0.2) is 5.25 Å². The summed E-state index contributed by atoms with van der Waals surface area (Å²) in [6.07, 6.45) is -0.744. The number of rotatable bonds is 5. The normalized spacial score (nSPS) is 20.3. The fourth-order valence-corrected chi connectivity index (χ4v) is 1.98. The number of nitrogens with one attached hydrogen (secondary N) is 1. The number of likely N-dealkylation sites (N-methyl/N-ethyl adjacent to an activating group) is 1. The molecule has 0 aromatic heterocycles. The Kier molecular flexibility index (Phi) is 4.38. The van der Waals surface area contributed by atoms with Gasteiger partial charge in [-0.15, -0.1) is 5.06 Å². The molecule has 1 heterocycles. The van der Waals surface area contributed by atoms with Crippen molar-refractivity contribution in [2.45, 2.75) is 18.6 Å². The van der Waals surface area contributed by atoms with Crippen molar-refractivity contribution in [3.8, 4) is 0 Å². The van der Waals surface area contributed by atoms with E-state index in [-0.39, 0.29) is 11.6 Å². The monoisotopic (exact) mass is 280 g/mol. The Hall–Kier alpha value is -1.52. The van der Waals surface area contributed by atoms with E-state index in [0.29, 0.717) is 6.54 Å². The molecule has 1 saturated heterocycles. The van der Waals surface area contributed by atoms with Crippen LogP contribution in [0.3, 0.4) is 0 Å². The number of carbonyl (C=O) groups is 3. The van der Waals surface area contributed by atoms with Crippen LogP contribution in [0.25, 0.3) is 0 Å². The van der Waals surface area contributed by atoms with Crippen LogP contribution in [0.2, 0.25) is 0 Å². The maximum atomic E-state index is 11.4. The van der Waals surface area contributed by atoms with Crippen LogP contribution in [-0.4, -0.2) is 54.2 Å². The van der Waals surface area contributed by atoms with Gasteiger partial charge < -0.3 is 10.2 Å². The molecule has 0 saturated carbocycles. The van der Waals surface area contributed by atoms with E-state index >= 15 is 0 Å². The fraction of sp³-hybridized carbons (Fsp3) is 0.625. The standard InChI is InChI=1S/C8H12N2O7S/c1-2-9-4-7(12)17-10-6(11)3-5(8(10)13)18(14,15)16/h5,9H,2-4H2,1H3,(H,14,15,16). The highest BCUT2D eigenvalue weighted by Crippen LogP contribution is 2.19. The average Bonchev–Trinajstić information content (AvgIpc) is 2.53. The summed E-state index contributed by atoms with van der Waals surface area (Å²) in [5.41, 5.74) is 0. The van der Waals surface area contributed by atoms with Crippen molar-refractivity contribution in [2.24, 2.45) is 0 Å². The topological polar surface area (TPSA) is 130 Å². The van der Waals surface area contributed by atoms with Gasteiger partial charge in [-0.25, -0.2) is 4.79 Å². The minimum atomic E-state index is -4.69. The van der Waals surface area contributed by atoms with Gasteiger partial charge in [0.05, 0.1) is 13.0 Å². The van der Waals surface area contributed by atoms with Crippen molar-refractivity contribution in [2.75, 3.05) is 13.1 Å². The van der Waals surface area contributed by atoms with Crippen LogP contribution in [0.1, 0.15) is 13.3 Å². The Morgan fingerprint density at radius 2 is 2.17 bits per heavy atom. The molecule has 0 spiro atoms. The van der Waals surface area contributed by atoms with E-state index in [0.717, 1.165) is 0 Å². The lowest BCUT2D eigenvalue weighted by molar-refractivity contribution is -0.196. The Morgan fingerprint density at radius 3 is 2.61 bits per heavy atom. The van der Waals surface area contributed by atoms with Gasteiger partial charge in [0.25, 0.3) is 21.9 Å². The molecule has 18 heavy (non-hydrogen) atoms. The van der Waals surface area contributed by atoms with Crippen LogP contribution >= 0.6 is 0 Å². The van der Waals surface area contributed by atoms with Crippen LogP contribution in [0.4, 0.5) is 0 Å². The van der Waals surface area contributed by atoms with Crippen LogP contribution in [0.15, 0.2) is 0 Å². The lowest BCUT2D eigenvalue weighted by Gasteiger charge is -2.13. The van der Waals surface area contributed by atoms with Gasteiger partial charge in [-0.2, -0.15) is 8.42 Å². The highest BCUT2D eigenvalue weighted by atomic mass is 32.2. The van der Waals surface area contributed by atoms with Crippen LogP contribution in [-0.2, 0) is 29.3 Å². The summed E-state index contributed by atoms with van der Waals surface area (Å²) in [4.78, 5) is 38.3. The first-order chi connectivity index (χ1) is 8.27. The van der Waals surface area contributed by atoms with E-state index in [4.69, 9.17) is 4.55 Å². The van der Waals surface area contributed by atoms with Gasteiger partial charge in [-0.1, -0.05) is 6.92 Å². The summed E-state index contributed by atoms with van der Waals surface area (Å²) in [6, 6.07) is 0. The Bertz CT molecular complexity index is 472. The number of hydrogen-bond acceptors (Lipinski definition) is 7. The van der Waals surface area contributed by atoms with Crippen molar-refractivity contribution in [1.82, 2.24) is 10.4 Å². The summed E-state index contributed by atoms with van der Waals surface area (Å²) >= 11 is 0. The first kappa shape index (κ1) is 14.5. The van der Waals surface area contributed by atoms with E-state index in [1.54, 1.807) is 6.92 Å². The second-order valence-electron chi connectivity index (χ2n) is 3.48. The molecule has 0 aliphatic carbocycles. The Morgan fingerprint density at radius 1 is 1.56 bits per heavy atom. The molecule has 2 N–H and O–H groups in total. The molecule has 0 aromatic carbocycles. The highest BCUT2D eigenvalue weighted by molar-refractivity contribution is 7.87. The third-order valence-electron chi connectivity index (χ3n) is 2.13. The molecule has 1 atom stereocenters. The Balaban J connectivity index is 2.71. The molecule has 1 fully saturated rings. The Labute approximate surface area is 103 Å². The predicted octanol–water partition coefficient (Wildman–Crippen LogP) is -1.93. The lowest BCUT2D eigenvalue weighted by Crippen LogP contribution is -2.38. The maximum Gasteiger partial charge on any atom is 0.346 e. The zero-order valence-corrected chi connectivity index (χ0v) is 10.3. The van der Waals surface area contributed by atoms with Crippen molar-refractivity contribution in [3.05, 3.63) is 0 Å². The average molecular weight is 280 g/mol. The molecule has 9 nitrogen and oxygen atoms in total. The van der Waals surface area contributed by atoms with E-state index < -0.39 is 39.6 Å². The summed E-state index contributed by atoms with van der Waals surface area (Å²) in [6.45, 7) is 1.97. The third kappa shape index (κ3) is 3.24. The predicted molar refractivity (Wildman–Crippen MR) is 56.4 cm³/mol. The second-order valence-corrected chi connectivity index (χ2v) is 5.08. The van der Waals surface area contributed by atoms with Crippen molar-refractivity contribution < 1.29 is 32.2 Å².